The van der Waals surface area contributed by atoms with Crippen LogP contribution in [-0.2, 0) is 32.7 Å². The highest BCUT2D eigenvalue weighted by Gasteiger charge is 2.27. The molecule has 0 rings (SSSR count). The van der Waals surface area contributed by atoms with Crippen molar-refractivity contribution >= 4 is 19.8 Å². The Kier molecular flexibility index (Phi) is 46.2. The maximum Gasteiger partial charge on any atom is 0.472 e. The van der Waals surface area contributed by atoms with E-state index in [1.54, 1.807) is 0 Å². The second-order valence-corrected chi connectivity index (χ2v) is 19.4. The molecule has 0 aromatic heterocycles. The van der Waals surface area contributed by atoms with Gasteiger partial charge in [0.25, 0.3) is 0 Å². The van der Waals surface area contributed by atoms with Crippen LogP contribution in [0.25, 0.3) is 0 Å². The lowest BCUT2D eigenvalue weighted by Gasteiger charge is -2.20. The van der Waals surface area contributed by atoms with Crippen LogP contribution >= 0.6 is 7.82 Å². The third-order valence-electron chi connectivity index (χ3n) is 11.8. The standard InChI is InChI=1S/C50H99O10P/c1-3-5-7-9-11-13-15-17-19-21-23-24-26-28-30-32-34-36-38-40-42-50(54)60-48(46-59-61(55,56)58-44-47(52)43-51)45-57-49(53)41-39-37-35-33-31-29-27-25-22-20-18-16-14-12-10-8-6-4-2/h47-48,51-52H,3-46H2,1-2H3,(H,55,56)/t47-,48+/m0/s1. The monoisotopic (exact) mass is 891 g/mol. The lowest BCUT2D eigenvalue weighted by Crippen LogP contribution is -2.29. The molecule has 0 aromatic carbocycles. The van der Waals surface area contributed by atoms with Crippen molar-refractivity contribution in [2.45, 2.75) is 283 Å². The van der Waals surface area contributed by atoms with E-state index in [-0.39, 0.29) is 19.4 Å². The zero-order valence-electron chi connectivity index (χ0n) is 39.9. The fourth-order valence-electron chi connectivity index (χ4n) is 7.76. The summed E-state index contributed by atoms with van der Waals surface area (Å²) in [5.74, 6) is -0.902. The van der Waals surface area contributed by atoms with Crippen molar-refractivity contribution in [3.05, 3.63) is 0 Å². The van der Waals surface area contributed by atoms with Gasteiger partial charge in [0.05, 0.1) is 19.8 Å². The van der Waals surface area contributed by atoms with Gasteiger partial charge >= 0.3 is 19.8 Å². The van der Waals surface area contributed by atoms with Gasteiger partial charge in [0, 0.05) is 12.8 Å². The Morgan fingerprint density at radius 2 is 0.705 bits per heavy atom. The van der Waals surface area contributed by atoms with Gasteiger partial charge in [-0.05, 0) is 12.8 Å². The van der Waals surface area contributed by atoms with Crippen LogP contribution in [0, 0.1) is 0 Å². The second-order valence-electron chi connectivity index (χ2n) is 17.9. The van der Waals surface area contributed by atoms with E-state index in [9.17, 15) is 24.2 Å². The van der Waals surface area contributed by atoms with Crippen LogP contribution in [0.3, 0.4) is 0 Å². The number of hydrogen-bond acceptors (Lipinski definition) is 9. The van der Waals surface area contributed by atoms with Gasteiger partial charge in [-0.15, -0.1) is 0 Å². The molecule has 3 atom stereocenters. The average molecular weight is 891 g/mol. The number of aliphatic hydroxyl groups excluding tert-OH is 2. The van der Waals surface area contributed by atoms with Crippen LogP contribution in [0.1, 0.15) is 271 Å². The summed E-state index contributed by atoms with van der Waals surface area (Å²) in [7, 11) is -4.61. The zero-order chi connectivity index (χ0) is 44.8. The van der Waals surface area contributed by atoms with Gasteiger partial charge in [0.1, 0.15) is 12.7 Å². The maximum atomic E-state index is 12.7. The van der Waals surface area contributed by atoms with Crippen molar-refractivity contribution < 1.29 is 47.8 Å². The minimum atomic E-state index is -4.61. The fraction of sp³-hybridized carbons (Fsp3) is 0.960. The van der Waals surface area contributed by atoms with Crippen LogP contribution < -0.4 is 0 Å². The maximum absolute atomic E-state index is 12.7. The Hall–Kier alpha value is -1.03. The molecule has 61 heavy (non-hydrogen) atoms. The van der Waals surface area contributed by atoms with Gasteiger partial charge in [-0.2, -0.15) is 0 Å². The molecule has 0 saturated carbocycles. The van der Waals surface area contributed by atoms with Gasteiger partial charge in [-0.1, -0.05) is 245 Å². The van der Waals surface area contributed by atoms with E-state index >= 15 is 0 Å². The topological polar surface area (TPSA) is 149 Å². The highest BCUT2D eigenvalue weighted by molar-refractivity contribution is 7.47. The number of ether oxygens (including phenoxy) is 2. The first kappa shape index (κ1) is 60.0. The number of phosphoric ester groups is 1. The van der Waals surface area contributed by atoms with E-state index in [1.807, 2.05) is 0 Å². The number of carbonyl (C=O) groups is 2. The molecule has 11 heteroatoms. The molecular weight excluding hydrogens is 792 g/mol. The van der Waals surface area contributed by atoms with Crippen LogP contribution in [0.4, 0.5) is 0 Å². The molecule has 0 bridgehead atoms. The van der Waals surface area contributed by atoms with Gasteiger partial charge in [0.2, 0.25) is 0 Å². The minimum absolute atomic E-state index is 0.193. The molecule has 0 radical (unpaired) electrons. The van der Waals surface area contributed by atoms with Gasteiger partial charge < -0.3 is 24.6 Å². The summed E-state index contributed by atoms with van der Waals surface area (Å²) in [6.45, 7) is 2.46. The minimum Gasteiger partial charge on any atom is -0.462 e. The first-order valence-electron chi connectivity index (χ1n) is 26.0. The lowest BCUT2D eigenvalue weighted by atomic mass is 10.0. The Balaban J connectivity index is 4.12. The number of carbonyl (C=O) groups excluding carboxylic acids is 2. The molecule has 0 saturated heterocycles. The summed E-state index contributed by atoms with van der Waals surface area (Å²) in [4.78, 5) is 35.2. The van der Waals surface area contributed by atoms with Crippen molar-refractivity contribution in [1.82, 2.24) is 0 Å². The van der Waals surface area contributed by atoms with Crippen LogP contribution in [-0.4, -0.2) is 65.7 Å². The van der Waals surface area contributed by atoms with Crippen molar-refractivity contribution in [2.75, 3.05) is 26.4 Å². The molecule has 0 aliphatic rings. The summed E-state index contributed by atoms with van der Waals surface area (Å²) in [5.41, 5.74) is 0. The fourth-order valence-corrected chi connectivity index (χ4v) is 8.55. The number of aliphatic hydroxyl groups is 2. The second kappa shape index (κ2) is 46.9. The number of unbranched alkanes of at least 4 members (excludes halogenated alkanes) is 36. The highest BCUT2D eigenvalue weighted by Crippen LogP contribution is 2.43. The van der Waals surface area contributed by atoms with E-state index in [1.165, 1.54) is 199 Å². The quantitative estimate of drug-likeness (QED) is 0.0306. The molecule has 0 aliphatic carbocycles. The third kappa shape index (κ3) is 46.8. The number of rotatable bonds is 50. The first-order valence-corrected chi connectivity index (χ1v) is 27.5. The molecule has 0 aromatic rings. The number of esters is 2. The Labute approximate surface area is 375 Å². The van der Waals surface area contributed by atoms with Gasteiger partial charge in [-0.3, -0.25) is 18.6 Å². The van der Waals surface area contributed by atoms with Crippen molar-refractivity contribution in [3.63, 3.8) is 0 Å². The third-order valence-corrected chi connectivity index (χ3v) is 12.7. The molecule has 0 heterocycles. The number of phosphoric acid groups is 1. The van der Waals surface area contributed by atoms with Gasteiger partial charge in [0.15, 0.2) is 6.10 Å². The summed E-state index contributed by atoms with van der Waals surface area (Å²) in [6, 6.07) is 0. The van der Waals surface area contributed by atoms with E-state index in [4.69, 9.17) is 23.6 Å². The van der Waals surface area contributed by atoms with E-state index < -0.39 is 51.8 Å². The van der Waals surface area contributed by atoms with Crippen LogP contribution in [0.5, 0.6) is 0 Å². The van der Waals surface area contributed by atoms with Crippen LogP contribution in [0.15, 0.2) is 0 Å². The number of hydrogen-bond donors (Lipinski definition) is 3. The first-order chi connectivity index (χ1) is 29.7. The molecule has 0 amide bonds. The smallest absolute Gasteiger partial charge is 0.462 e. The summed E-state index contributed by atoms with van der Waals surface area (Å²) < 4.78 is 32.9. The summed E-state index contributed by atoms with van der Waals surface area (Å²) in [6.07, 6.45) is 46.4. The Bertz CT molecular complexity index is 982. The molecule has 0 aliphatic heterocycles. The van der Waals surface area contributed by atoms with Crippen LogP contribution in [0.2, 0.25) is 0 Å². The zero-order valence-corrected chi connectivity index (χ0v) is 40.8. The molecule has 1 unspecified atom stereocenters. The Morgan fingerprint density at radius 3 is 1.02 bits per heavy atom. The van der Waals surface area contributed by atoms with Crippen molar-refractivity contribution in [3.8, 4) is 0 Å². The molecular formula is C50H99O10P. The van der Waals surface area contributed by atoms with E-state index in [0.29, 0.717) is 12.8 Å². The molecule has 364 valence electrons. The van der Waals surface area contributed by atoms with Gasteiger partial charge in [-0.25, -0.2) is 4.57 Å². The van der Waals surface area contributed by atoms with E-state index in [0.717, 1.165) is 32.1 Å². The van der Waals surface area contributed by atoms with Crippen molar-refractivity contribution in [2.24, 2.45) is 0 Å². The average Bonchev–Trinajstić information content (AvgIpc) is 3.25. The summed E-state index contributed by atoms with van der Waals surface area (Å²) in [5, 5.41) is 18.4. The Morgan fingerprint density at radius 1 is 0.426 bits per heavy atom. The van der Waals surface area contributed by atoms with Crippen molar-refractivity contribution in [1.29, 1.82) is 0 Å². The molecule has 3 N–H and O–H groups in total. The molecule has 0 spiro atoms. The van der Waals surface area contributed by atoms with E-state index in [2.05, 4.69) is 13.8 Å². The predicted octanol–water partition coefficient (Wildman–Crippen LogP) is 14.6. The highest BCUT2D eigenvalue weighted by atomic mass is 31.2. The molecule has 0 fully saturated rings. The summed E-state index contributed by atoms with van der Waals surface area (Å²) >= 11 is 0. The largest absolute Gasteiger partial charge is 0.472 e. The lowest BCUT2D eigenvalue weighted by molar-refractivity contribution is -0.161. The SMILES string of the molecule is CCCCCCCCCCCCCCCCCCCCCCC(=O)O[C@H](COC(=O)CCCCCCCCCCCCCCCCCCCC)COP(=O)(O)OC[C@@H](O)CO. The molecule has 10 nitrogen and oxygen atoms in total. The normalized spacial score (nSPS) is 13.6. The predicted molar refractivity (Wildman–Crippen MR) is 252 cm³/mol.